The number of fused-ring (bicyclic) bond motifs is 5. The highest BCUT2D eigenvalue weighted by molar-refractivity contribution is 5.64. The van der Waals surface area contributed by atoms with Gasteiger partial charge in [0.2, 0.25) is 0 Å². The standard InChI is InChI=1S/C26H36O7/c1-23-9-6-20-21(26(23,30)12-8-19(23)17-3-4-22(28)32-14-17)7-11-25(29)13-18(33-16-31-2)5-10-24(20,25)15-27/h3-4,14-15,18-21,29-30H,5-13,16H2,1-2H3. The van der Waals surface area contributed by atoms with E-state index in [2.05, 4.69) is 6.92 Å². The number of ether oxygens (including phenoxy) is 2. The van der Waals surface area contributed by atoms with Crippen molar-refractivity contribution >= 4 is 6.29 Å². The van der Waals surface area contributed by atoms with E-state index in [1.165, 1.54) is 6.07 Å². The molecular weight excluding hydrogens is 424 g/mol. The van der Waals surface area contributed by atoms with Crippen LogP contribution in [0.25, 0.3) is 0 Å². The van der Waals surface area contributed by atoms with Gasteiger partial charge >= 0.3 is 5.63 Å². The van der Waals surface area contributed by atoms with Crippen LogP contribution in [0.2, 0.25) is 0 Å². The fraction of sp³-hybridized carbons (Fsp3) is 0.769. The SMILES string of the molecule is COCOC1CCC2(C=O)C3CCC4(C)C(c5ccc(=O)oc5)CCC4(O)C3CCC2(O)C1. The van der Waals surface area contributed by atoms with Gasteiger partial charge in [0, 0.05) is 25.0 Å². The molecule has 4 saturated carbocycles. The number of hydrogen-bond donors (Lipinski definition) is 2. The number of aliphatic hydroxyl groups is 2. The van der Waals surface area contributed by atoms with Gasteiger partial charge in [-0.3, -0.25) is 0 Å². The first kappa shape index (κ1) is 23.2. The predicted molar refractivity (Wildman–Crippen MR) is 120 cm³/mol. The molecule has 5 rings (SSSR count). The Hall–Kier alpha value is -1.54. The van der Waals surface area contributed by atoms with Crippen molar-refractivity contribution < 1.29 is 28.9 Å². The zero-order valence-electron chi connectivity index (χ0n) is 19.6. The summed E-state index contributed by atoms with van der Waals surface area (Å²) in [5, 5.41) is 24.1. The smallest absolute Gasteiger partial charge is 0.335 e. The summed E-state index contributed by atoms with van der Waals surface area (Å²) in [6.07, 6.45) is 8.35. The lowest BCUT2D eigenvalue weighted by Crippen LogP contribution is -2.68. The third-order valence-corrected chi connectivity index (χ3v) is 10.2. The molecule has 0 amide bonds. The number of carbonyl (C=O) groups is 1. The molecule has 0 aliphatic heterocycles. The van der Waals surface area contributed by atoms with E-state index in [0.717, 1.165) is 31.1 Å². The quantitative estimate of drug-likeness (QED) is 0.513. The van der Waals surface area contributed by atoms with Crippen molar-refractivity contribution in [3.63, 3.8) is 0 Å². The van der Waals surface area contributed by atoms with Gasteiger partial charge in [-0.2, -0.15) is 0 Å². The van der Waals surface area contributed by atoms with Crippen LogP contribution in [0.1, 0.15) is 76.2 Å². The van der Waals surface area contributed by atoms with E-state index in [4.69, 9.17) is 13.9 Å². The maximum absolute atomic E-state index is 12.7. The predicted octanol–water partition coefficient (Wildman–Crippen LogP) is 3.16. The van der Waals surface area contributed by atoms with Gasteiger partial charge in [0.25, 0.3) is 0 Å². The van der Waals surface area contributed by atoms with Crippen LogP contribution in [0.5, 0.6) is 0 Å². The number of methoxy groups -OCH3 is 1. The Labute approximate surface area is 194 Å². The number of aldehydes is 1. The van der Waals surface area contributed by atoms with Crippen LogP contribution in [0.3, 0.4) is 0 Å². The van der Waals surface area contributed by atoms with Crippen LogP contribution in [0, 0.1) is 22.7 Å². The highest BCUT2D eigenvalue weighted by atomic mass is 16.7. The molecule has 2 N–H and O–H groups in total. The van der Waals surface area contributed by atoms with Crippen molar-refractivity contribution in [3.8, 4) is 0 Å². The van der Waals surface area contributed by atoms with Crippen molar-refractivity contribution in [2.45, 2.75) is 87.9 Å². The highest BCUT2D eigenvalue weighted by Crippen LogP contribution is 2.71. The third-order valence-electron chi connectivity index (χ3n) is 10.2. The molecule has 4 aliphatic carbocycles. The van der Waals surface area contributed by atoms with Crippen LogP contribution < -0.4 is 5.63 Å². The van der Waals surface area contributed by atoms with E-state index < -0.39 is 16.6 Å². The summed E-state index contributed by atoms with van der Waals surface area (Å²) < 4.78 is 16.0. The molecule has 8 atom stereocenters. The van der Waals surface area contributed by atoms with Crippen LogP contribution in [0.15, 0.2) is 27.6 Å². The van der Waals surface area contributed by atoms with E-state index in [1.807, 2.05) is 6.07 Å². The Morgan fingerprint density at radius 3 is 2.58 bits per heavy atom. The maximum atomic E-state index is 12.7. The third kappa shape index (κ3) is 3.15. The monoisotopic (exact) mass is 460 g/mol. The van der Waals surface area contributed by atoms with E-state index in [0.29, 0.717) is 38.5 Å². The van der Waals surface area contributed by atoms with Gasteiger partial charge in [0.1, 0.15) is 13.1 Å². The van der Waals surface area contributed by atoms with Crippen LogP contribution >= 0.6 is 0 Å². The minimum Gasteiger partial charge on any atom is -0.431 e. The van der Waals surface area contributed by atoms with Crippen LogP contribution in [-0.4, -0.2) is 47.7 Å². The molecule has 1 aromatic heterocycles. The first-order chi connectivity index (χ1) is 15.7. The van der Waals surface area contributed by atoms with Gasteiger partial charge in [0.15, 0.2) is 0 Å². The van der Waals surface area contributed by atoms with Crippen molar-refractivity contribution in [2.24, 2.45) is 22.7 Å². The zero-order valence-corrected chi connectivity index (χ0v) is 19.6. The molecule has 0 radical (unpaired) electrons. The van der Waals surface area contributed by atoms with Crippen molar-refractivity contribution in [1.29, 1.82) is 0 Å². The summed E-state index contributed by atoms with van der Waals surface area (Å²) in [4.78, 5) is 24.2. The van der Waals surface area contributed by atoms with Gasteiger partial charge in [-0.25, -0.2) is 4.79 Å². The lowest BCUT2D eigenvalue weighted by molar-refractivity contribution is -0.252. The molecule has 7 heteroatoms. The fourth-order valence-electron chi connectivity index (χ4n) is 8.54. The Balaban J connectivity index is 1.46. The van der Waals surface area contributed by atoms with Crippen molar-refractivity contribution in [2.75, 3.05) is 13.9 Å². The summed E-state index contributed by atoms with van der Waals surface area (Å²) in [6.45, 7) is 2.34. The normalized spacial score (nSPS) is 46.8. The molecule has 0 spiro atoms. The number of carbonyl (C=O) groups excluding carboxylic acids is 1. The largest absolute Gasteiger partial charge is 0.431 e. The maximum Gasteiger partial charge on any atom is 0.335 e. The molecule has 8 unspecified atom stereocenters. The molecule has 1 heterocycles. The lowest BCUT2D eigenvalue weighted by atomic mass is 9.41. The number of hydrogen-bond acceptors (Lipinski definition) is 7. The first-order valence-electron chi connectivity index (χ1n) is 12.3. The molecule has 4 aliphatic rings. The first-order valence-corrected chi connectivity index (χ1v) is 12.3. The van der Waals surface area contributed by atoms with Gasteiger partial charge in [-0.15, -0.1) is 0 Å². The van der Waals surface area contributed by atoms with E-state index in [9.17, 15) is 19.8 Å². The van der Waals surface area contributed by atoms with E-state index >= 15 is 0 Å². The van der Waals surface area contributed by atoms with Gasteiger partial charge < -0.3 is 28.9 Å². The van der Waals surface area contributed by atoms with Crippen LogP contribution in [0.4, 0.5) is 0 Å². The summed E-state index contributed by atoms with van der Waals surface area (Å²) in [5.41, 5.74) is -2.66. The molecular formula is C26H36O7. The Bertz CT molecular complexity index is 940. The van der Waals surface area contributed by atoms with Crippen molar-refractivity contribution in [3.05, 3.63) is 34.4 Å². The average molecular weight is 461 g/mol. The van der Waals surface area contributed by atoms with Gasteiger partial charge in [-0.1, -0.05) is 6.92 Å². The highest BCUT2D eigenvalue weighted by Gasteiger charge is 2.71. The Kier molecular flexibility index (Phi) is 5.63. The number of rotatable bonds is 5. The minimum atomic E-state index is -1.11. The molecule has 0 bridgehead atoms. The second kappa shape index (κ2) is 8.01. The molecule has 1 aromatic rings. The fourth-order valence-corrected chi connectivity index (χ4v) is 8.54. The molecule has 0 saturated heterocycles. The summed E-state index contributed by atoms with van der Waals surface area (Å²) in [7, 11) is 1.58. The summed E-state index contributed by atoms with van der Waals surface area (Å²) in [6, 6.07) is 3.28. The van der Waals surface area contributed by atoms with E-state index in [1.54, 1.807) is 13.4 Å². The molecule has 182 valence electrons. The van der Waals surface area contributed by atoms with Crippen LogP contribution in [-0.2, 0) is 14.3 Å². The lowest BCUT2D eigenvalue weighted by Gasteiger charge is -2.65. The van der Waals surface area contributed by atoms with Crippen molar-refractivity contribution in [1.82, 2.24) is 0 Å². The summed E-state index contributed by atoms with van der Waals surface area (Å²) in [5.74, 6) is 0.000478. The zero-order chi connectivity index (χ0) is 23.5. The minimum absolute atomic E-state index is 0.0427. The average Bonchev–Trinajstić information content (AvgIpc) is 3.08. The van der Waals surface area contributed by atoms with Gasteiger partial charge in [-0.05, 0) is 80.8 Å². The Morgan fingerprint density at radius 1 is 1.09 bits per heavy atom. The molecule has 33 heavy (non-hydrogen) atoms. The second-order valence-corrected chi connectivity index (χ2v) is 11.2. The van der Waals surface area contributed by atoms with Gasteiger partial charge in [0.05, 0.1) is 29.0 Å². The summed E-state index contributed by atoms with van der Waals surface area (Å²) >= 11 is 0. The topological polar surface area (TPSA) is 106 Å². The molecule has 4 fully saturated rings. The molecule has 7 nitrogen and oxygen atoms in total. The Morgan fingerprint density at radius 2 is 1.88 bits per heavy atom. The van der Waals surface area contributed by atoms with E-state index in [-0.39, 0.29) is 41.7 Å². The second-order valence-electron chi connectivity index (χ2n) is 11.2. The molecule has 0 aromatic carbocycles.